The molecule has 0 bridgehead atoms. The monoisotopic (exact) mass is 374 g/mol. The van der Waals surface area contributed by atoms with Crippen molar-refractivity contribution in [3.63, 3.8) is 0 Å². The first-order valence-corrected chi connectivity index (χ1v) is 9.83. The second-order valence-corrected chi connectivity index (χ2v) is 7.86. The first kappa shape index (κ1) is 22.9. The normalized spacial score (nSPS) is 15.3. The van der Waals surface area contributed by atoms with Crippen molar-refractivity contribution < 1.29 is 14.4 Å². The van der Waals surface area contributed by atoms with Crippen LogP contribution in [-0.2, 0) is 11.2 Å². The van der Waals surface area contributed by atoms with Gasteiger partial charge in [-0.05, 0) is 49.6 Å². The molecule has 1 aliphatic rings. The highest BCUT2D eigenvalue weighted by molar-refractivity contribution is 6.01. The number of carboxylic acid groups (broad SMARTS) is 1. The van der Waals surface area contributed by atoms with Gasteiger partial charge in [-0.25, -0.2) is 0 Å². The van der Waals surface area contributed by atoms with Crippen molar-refractivity contribution in [1.82, 2.24) is 4.98 Å². The van der Waals surface area contributed by atoms with Crippen molar-refractivity contribution >= 4 is 17.8 Å². The number of aromatic nitrogens is 1. The van der Waals surface area contributed by atoms with Crippen LogP contribution >= 0.6 is 0 Å². The molecule has 0 aromatic carbocycles. The quantitative estimate of drug-likeness (QED) is 0.653. The summed E-state index contributed by atoms with van der Waals surface area (Å²) in [5, 5.41) is 8.82. The topological polar surface area (TPSA) is 65.4 Å². The zero-order valence-corrected chi connectivity index (χ0v) is 18.0. The van der Waals surface area contributed by atoms with Crippen LogP contribution < -0.4 is 0 Å². The second kappa shape index (κ2) is 10.3. The number of H-pyrrole nitrogens is 1. The van der Waals surface area contributed by atoms with E-state index >= 15 is 0 Å². The maximum absolute atomic E-state index is 10.7. The van der Waals surface area contributed by atoms with Gasteiger partial charge in [0, 0.05) is 29.9 Å². The Kier molecular flexibility index (Phi) is 8.70. The fourth-order valence-electron chi connectivity index (χ4n) is 2.99. The van der Waals surface area contributed by atoms with Crippen LogP contribution in [0.1, 0.15) is 57.0 Å². The molecule has 0 amide bonds. The molecule has 1 aromatic heterocycles. The summed E-state index contributed by atoms with van der Waals surface area (Å²) in [5.41, 5.74) is 6.45. The van der Waals surface area contributed by atoms with Crippen molar-refractivity contribution in [2.45, 2.75) is 53.4 Å². The van der Waals surface area contributed by atoms with Crippen LogP contribution in [0.25, 0.3) is 6.08 Å². The summed E-state index contributed by atoms with van der Waals surface area (Å²) in [6, 6.07) is 2.21. The van der Waals surface area contributed by atoms with Gasteiger partial charge < -0.3 is 14.6 Å². The number of carbonyl (C=O) groups is 1. The standard InChI is InChI=1S/C20H29N3O2.C2H6/c1-14-11-17(8-9-20(24)25)22-18(14)13-19-16(12-15(2)21-19)7-6-10-23(3,4)5;1-2/h11-13H,6-10H2,1-5H3,(H-,21,22,24,25);1-2H3/p+1. The van der Waals surface area contributed by atoms with E-state index in [4.69, 9.17) is 5.11 Å². The number of rotatable bonds is 8. The van der Waals surface area contributed by atoms with Gasteiger partial charge in [-0.3, -0.25) is 9.79 Å². The summed E-state index contributed by atoms with van der Waals surface area (Å²) in [7, 11) is 6.64. The molecular formula is C22H36N3O2+. The van der Waals surface area contributed by atoms with E-state index in [2.05, 4.69) is 50.2 Å². The Morgan fingerprint density at radius 3 is 2.48 bits per heavy atom. The molecule has 27 heavy (non-hydrogen) atoms. The Morgan fingerprint density at radius 1 is 1.22 bits per heavy atom. The minimum absolute atomic E-state index is 0.119. The smallest absolute Gasteiger partial charge is 0.303 e. The van der Waals surface area contributed by atoms with Crippen molar-refractivity contribution in [2.24, 2.45) is 4.99 Å². The largest absolute Gasteiger partial charge is 0.481 e. The minimum Gasteiger partial charge on any atom is -0.481 e. The number of aliphatic carboxylic acids is 1. The Balaban J connectivity index is 0.00000176. The molecule has 1 aromatic rings. The molecule has 0 spiro atoms. The minimum atomic E-state index is -0.786. The predicted octanol–water partition coefficient (Wildman–Crippen LogP) is 4.59. The lowest BCUT2D eigenvalue weighted by Gasteiger charge is -2.23. The maximum Gasteiger partial charge on any atom is 0.303 e. The van der Waals surface area contributed by atoms with Crippen LogP contribution in [0.5, 0.6) is 0 Å². The van der Waals surface area contributed by atoms with E-state index in [1.807, 2.05) is 26.8 Å². The summed E-state index contributed by atoms with van der Waals surface area (Å²) in [6.07, 6.45) is 6.85. The first-order chi connectivity index (χ1) is 12.6. The maximum atomic E-state index is 10.7. The molecule has 2 N–H and O–H groups in total. The highest BCUT2D eigenvalue weighted by Gasteiger charge is 2.14. The van der Waals surface area contributed by atoms with Gasteiger partial charge in [0.15, 0.2) is 0 Å². The fraction of sp³-hybridized carbons (Fsp3) is 0.545. The van der Waals surface area contributed by atoms with Gasteiger partial charge in [-0.15, -0.1) is 0 Å². The van der Waals surface area contributed by atoms with Crippen molar-refractivity contribution in [3.8, 4) is 0 Å². The highest BCUT2D eigenvalue weighted by atomic mass is 16.4. The average Bonchev–Trinajstić information content (AvgIpc) is 3.09. The molecule has 1 aliphatic heterocycles. The summed E-state index contributed by atoms with van der Waals surface area (Å²) in [6.45, 7) is 9.23. The number of aliphatic imine (C=N–C) groups is 1. The molecular weight excluding hydrogens is 338 g/mol. The molecule has 0 saturated heterocycles. The SMILES string of the molecule is CC.CC1=CC(CCC(=O)O)=N/C1=C\c1[nH]c(C)cc1CCC[N+](C)(C)C. The third-order valence-corrected chi connectivity index (χ3v) is 4.27. The number of hydrogen-bond donors (Lipinski definition) is 2. The lowest BCUT2D eigenvalue weighted by Crippen LogP contribution is -2.35. The Bertz CT molecular complexity index is 731. The van der Waals surface area contributed by atoms with Gasteiger partial charge >= 0.3 is 5.97 Å². The van der Waals surface area contributed by atoms with Gasteiger partial charge in [-0.1, -0.05) is 13.8 Å². The van der Waals surface area contributed by atoms with E-state index in [-0.39, 0.29) is 6.42 Å². The van der Waals surface area contributed by atoms with E-state index in [1.54, 1.807) is 0 Å². The number of aromatic amines is 1. The number of quaternary nitrogens is 1. The molecule has 2 heterocycles. The molecule has 0 radical (unpaired) electrons. The molecule has 5 heteroatoms. The van der Waals surface area contributed by atoms with Crippen molar-refractivity contribution in [3.05, 3.63) is 40.4 Å². The number of allylic oxidation sites excluding steroid dienone is 2. The van der Waals surface area contributed by atoms with Gasteiger partial charge in [0.2, 0.25) is 0 Å². The van der Waals surface area contributed by atoms with Gasteiger partial charge in [-0.2, -0.15) is 0 Å². The summed E-state index contributed by atoms with van der Waals surface area (Å²) >= 11 is 0. The summed E-state index contributed by atoms with van der Waals surface area (Å²) in [5.74, 6) is -0.786. The molecule has 2 rings (SSSR count). The molecule has 0 unspecified atom stereocenters. The van der Waals surface area contributed by atoms with Crippen molar-refractivity contribution in [2.75, 3.05) is 27.7 Å². The second-order valence-electron chi connectivity index (χ2n) is 7.86. The van der Waals surface area contributed by atoms with E-state index in [0.717, 1.165) is 52.2 Å². The fourth-order valence-corrected chi connectivity index (χ4v) is 2.99. The van der Waals surface area contributed by atoms with Crippen molar-refractivity contribution in [1.29, 1.82) is 0 Å². The van der Waals surface area contributed by atoms with Crippen LogP contribution in [0.4, 0.5) is 0 Å². The third kappa shape index (κ3) is 7.95. The third-order valence-electron chi connectivity index (χ3n) is 4.27. The van der Waals surface area contributed by atoms with Crippen LogP contribution in [0.2, 0.25) is 0 Å². The first-order valence-electron chi connectivity index (χ1n) is 9.83. The Hall–Kier alpha value is -2.14. The number of nitrogens with zero attached hydrogens (tertiary/aromatic N) is 2. The number of hydrogen-bond acceptors (Lipinski definition) is 2. The van der Waals surface area contributed by atoms with Gasteiger partial charge in [0.1, 0.15) is 0 Å². The number of carboxylic acids is 1. The van der Waals surface area contributed by atoms with Crippen LogP contribution in [0.3, 0.4) is 0 Å². The van der Waals surface area contributed by atoms with Gasteiger partial charge in [0.05, 0.1) is 39.8 Å². The molecule has 0 fully saturated rings. The molecule has 5 nitrogen and oxygen atoms in total. The van der Waals surface area contributed by atoms with Crippen LogP contribution in [-0.4, -0.2) is 53.9 Å². The number of aryl methyl sites for hydroxylation is 2. The van der Waals surface area contributed by atoms with Gasteiger partial charge in [0.25, 0.3) is 0 Å². The molecule has 0 atom stereocenters. The summed E-state index contributed by atoms with van der Waals surface area (Å²) in [4.78, 5) is 18.8. The lowest BCUT2D eigenvalue weighted by molar-refractivity contribution is -0.870. The van der Waals surface area contributed by atoms with E-state index in [0.29, 0.717) is 6.42 Å². The zero-order valence-electron chi connectivity index (χ0n) is 18.0. The molecule has 0 aliphatic carbocycles. The Morgan fingerprint density at radius 2 is 1.89 bits per heavy atom. The molecule has 150 valence electrons. The van der Waals surface area contributed by atoms with E-state index in [9.17, 15) is 4.79 Å². The number of nitrogens with one attached hydrogen (secondary N) is 1. The van der Waals surface area contributed by atoms with Crippen LogP contribution in [0.15, 0.2) is 28.4 Å². The highest BCUT2D eigenvalue weighted by Crippen LogP contribution is 2.25. The molecule has 0 saturated carbocycles. The zero-order chi connectivity index (χ0) is 20.6. The average molecular weight is 375 g/mol. The van der Waals surface area contributed by atoms with E-state index in [1.165, 1.54) is 5.56 Å². The van der Waals surface area contributed by atoms with Crippen LogP contribution in [0, 0.1) is 6.92 Å². The Labute approximate surface area is 164 Å². The van der Waals surface area contributed by atoms with E-state index < -0.39 is 5.97 Å². The predicted molar refractivity (Wildman–Crippen MR) is 114 cm³/mol. The summed E-state index contributed by atoms with van der Waals surface area (Å²) < 4.78 is 0.971. The lowest BCUT2D eigenvalue weighted by atomic mass is 10.1.